The van der Waals surface area contributed by atoms with E-state index in [-0.39, 0.29) is 18.3 Å². The van der Waals surface area contributed by atoms with Crippen molar-refractivity contribution in [1.29, 1.82) is 0 Å². The van der Waals surface area contributed by atoms with Crippen molar-refractivity contribution in [2.45, 2.75) is 19.4 Å². The standard InChI is InChI=1S/C21H21N3O3/c25-21(23-16-8-11-20(22-14-16)24-12-4-5-13-24)19-10-9-18(27-19)15-26-17-6-2-1-3-7-17/h1-3,6-11,14H,4-5,12-13,15H2,(H,23,25). The van der Waals surface area contributed by atoms with E-state index in [9.17, 15) is 4.79 Å². The summed E-state index contributed by atoms with van der Waals surface area (Å²) in [5.41, 5.74) is 0.640. The topological polar surface area (TPSA) is 67.6 Å². The number of nitrogens with one attached hydrogen (secondary N) is 1. The molecular weight excluding hydrogens is 342 g/mol. The van der Waals surface area contributed by atoms with Crippen LogP contribution in [0.2, 0.25) is 0 Å². The van der Waals surface area contributed by atoms with Crippen LogP contribution in [-0.4, -0.2) is 24.0 Å². The molecule has 1 N–H and O–H groups in total. The molecule has 0 atom stereocenters. The van der Waals surface area contributed by atoms with Crippen LogP contribution in [-0.2, 0) is 6.61 Å². The summed E-state index contributed by atoms with van der Waals surface area (Å²) in [7, 11) is 0. The van der Waals surface area contributed by atoms with E-state index in [1.807, 2.05) is 42.5 Å². The van der Waals surface area contributed by atoms with Gasteiger partial charge in [-0.25, -0.2) is 4.98 Å². The summed E-state index contributed by atoms with van der Waals surface area (Å²) in [6.45, 7) is 2.35. The lowest BCUT2D eigenvalue weighted by Gasteiger charge is -2.16. The fraction of sp³-hybridized carbons (Fsp3) is 0.238. The van der Waals surface area contributed by atoms with Gasteiger partial charge in [-0.2, -0.15) is 0 Å². The molecule has 0 spiro atoms. The van der Waals surface area contributed by atoms with Crippen LogP contribution in [0, 0.1) is 0 Å². The fourth-order valence-corrected chi connectivity index (χ4v) is 3.03. The lowest BCUT2D eigenvalue weighted by Crippen LogP contribution is -2.19. The van der Waals surface area contributed by atoms with Gasteiger partial charge < -0.3 is 19.4 Å². The molecule has 3 aromatic rings. The summed E-state index contributed by atoms with van der Waals surface area (Å²) in [6.07, 6.45) is 4.08. The smallest absolute Gasteiger partial charge is 0.291 e. The van der Waals surface area contributed by atoms with Crippen molar-refractivity contribution in [3.05, 3.63) is 72.3 Å². The minimum atomic E-state index is -0.309. The predicted octanol–water partition coefficient (Wildman–Crippen LogP) is 4.11. The normalized spacial score (nSPS) is 13.6. The Morgan fingerprint density at radius 1 is 1.07 bits per heavy atom. The Morgan fingerprint density at radius 3 is 2.63 bits per heavy atom. The molecule has 1 saturated heterocycles. The molecule has 0 aliphatic carbocycles. The molecule has 4 rings (SSSR count). The average molecular weight is 363 g/mol. The van der Waals surface area contributed by atoms with Gasteiger partial charge in [0.15, 0.2) is 5.76 Å². The molecule has 0 radical (unpaired) electrons. The maximum absolute atomic E-state index is 12.4. The van der Waals surface area contributed by atoms with E-state index in [0.29, 0.717) is 11.4 Å². The molecule has 1 fully saturated rings. The number of anilines is 2. The number of rotatable bonds is 6. The third kappa shape index (κ3) is 4.28. The Balaban J connectivity index is 1.33. The van der Waals surface area contributed by atoms with E-state index >= 15 is 0 Å². The summed E-state index contributed by atoms with van der Waals surface area (Å²) in [6, 6.07) is 16.7. The van der Waals surface area contributed by atoms with Gasteiger partial charge in [-0.1, -0.05) is 18.2 Å². The quantitative estimate of drug-likeness (QED) is 0.714. The first-order chi connectivity index (χ1) is 13.3. The predicted molar refractivity (Wildman–Crippen MR) is 103 cm³/mol. The molecule has 0 bridgehead atoms. The molecule has 0 unspecified atom stereocenters. The Hall–Kier alpha value is -3.28. The minimum Gasteiger partial charge on any atom is -0.486 e. The first-order valence-corrected chi connectivity index (χ1v) is 9.07. The van der Waals surface area contributed by atoms with Crippen molar-refractivity contribution in [1.82, 2.24) is 4.98 Å². The first-order valence-electron chi connectivity index (χ1n) is 9.07. The maximum Gasteiger partial charge on any atom is 0.291 e. The van der Waals surface area contributed by atoms with Crippen LogP contribution in [0.3, 0.4) is 0 Å². The van der Waals surface area contributed by atoms with Crippen molar-refractivity contribution in [2.24, 2.45) is 0 Å². The second kappa shape index (κ2) is 7.95. The average Bonchev–Trinajstić information content (AvgIpc) is 3.40. The molecule has 138 valence electrons. The van der Waals surface area contributed by atoms with Gasteiger partial charge in [-0.3, -0.25) is 4.79 Å². The van der Waals surface area contributed by atoms with Crippen molar-refractivity contribution < 1.29 is 13.9 Å². The molecule has 1 aromatic carbocycles. The second-order valence-electron chi connectivity index (χ2n) is 6.42. The summed E-state index contributed by atoms with van der Waals surface area (Å²) >= 11 is 0. The number of nitrogens with zero attached hydrogens (tertiary/aromatic N) is 2. The lowest BCUT2D eigenvalue weighted by atomic mass is 10.3. The number of hydrogen-bond acceptors (Lipinski definition) is 5. The summed E-state index contributed by atoms with van der Waals surface area (Å²) in [4.78, 5) is 19.0. The molecular formula is C21H21N3O3. The molecule has 6 nitrogen and oxygen atoms in total. The zero-order valence-electron chi connectivity index (χ0n) is 14.9. The van der Waals surface area contributed by atoms with Gasteiger partial charge in [0, 0.05) is 13.1 Å². The molecule has 27 heavy (non-hydrogen) atoms. The highest BCUT2D eigenvalue weighted by atomic mass is 16.5. The highest BCUT2D eigenvalue weighted by Gasteiger charge is 2.15. The SMILES string of the molecule is O=C(Nc1ccc(N2CCCC2)nc1)c1ccc(COc2ccccc2)o1. The maximum atomic E-state index is 12.4. The number of amides is 1. The monoisotopic (exact) mass is 363 g/mol. The van der Waals surface area contributed by atoms with Gasteiger partial charge >= 0.3 is 0 Å². The van der Waals surface area contributed by atoms with Crippen LogP contribution >= 0.6 is 0 Å². The fourth-order valence-electron chi connectivity index (χ4n) is 3.03. The van der Waals surface area contributed by atoms with E-state index in [2.05, 4.69) is 15.2 Å². The summed E-state index contributed by atoms with van der Waals surface area (Å²) < 4.78 is 11.2. The van der Waals surface area contributed by atoms with Gasteiger partial charge in [-0.15, -0.1) is 0 Å². The zero-order valence-corrected chi connectivity index (χ0v) is 14.9. The van der Waals surface area contributed by atoms with Crippen LogP contribution in [0.1, 0.15) is 29.2 Å². The third-order valence-electron chi connectivity index (χ3n) is 4.45. The number of furan rings is 1. The number of benzene rings is 1. The van der Waals surface area contributed by atoms with Crippen LogP contribution in [0.25, 0.3) is 0 Å². The number of pyridine rings is 1. The summed E-state index contributed by atoms with van der Waals surface area (Å²) in [5, 5.41) is 2.81. The Labute approximate surface area is 157 Å². The van der Waals surface area contributed by atoms with Crippen molar-refractivity contribution in [2.75, 3.05) is 23.3 Å². The number of hydrogen-bond donors (Lipinski definition) is 1. The van der Waals surface area contributed by atoms with Crippen LogP contribution in [0.4, 0.5) is 11.5 Å². The Kier molecular flexibility index (Phi) is 5.05. The van der Waals surface area contributed by atoms with E-state index in [1.165, 1.54) is 12.8 Å². The van der Waals surface area contributed by atoms with E-state index < -0.39 is 0 Å². The number of aromatic nitrogens is 1. The molecule has 2 aromatic heterocycles. The molecule has 1 aliphatic heterocycles. The van der Waals surface area contributed by atoms with Gasteiger partial charge in [0.25, 0.3) is 5.91 Å². The molecule has 3 heterocycles. The molecule has 1 amide bonds. The van der Waals surface area contributed by atoms with Crippen molar-refractivity contribution in [3.8, 4) is 5.75 Å². The van der Waals surface area contributed by atoms with Crippen LogP contribution in [0.15, 0.2) is 65.2 Å². The van der Waals surface area contributed by atoms with Gasteiger partial charge in [0.05, 0.1) is 11.9 Å². The largest absolute Gasteiger partial charge is 0.486 e. The number of carbonyl (C=O) groups is 1. The van der Waals surface area contributed by atoms with Gasteiger partial charge in [-0.05, 0) is 49.2 Å². The molecule has 1 aliphatic rings. The van der Waals surface area contributed by atoms with Crippen LogP contribution < -0.4 is 15.0 Å². The number of carbonyl (C=O) groups excluding carboxylic acids is 1. The zero-order chi connectivity index (χ0) is 18.5. The number of para-hydroxylation sites is 1. The lowest BCUT2D eigenvalue weighted by molar-refractivity contribution is 0.0992. The highest BCUT2D eigenvalue weighted by Crippen LogP contribution is 2.20. The number of ether oxygens (including phenoxy) is 1. The molecule has 6 heteroatoms. The van der Waals surface area contributed by atoms with Gasteiger partial charge in [0.2, 0.25) is 0 Å². The Bertz CT molecular complexity index is 885. The van der Waals surface area contributed by atoms with E-state index in [1.54, 1.807) is 18.3 Å². The van der Waals surface area contributed by atoms with E-state index in [0.717, 1.165) is 24.7 Å². The third-order valence-corrected chi connectivity index (χ3v) is 4.45. The van der Waals surface area contributed by atoms with Crippen molar-refractivity contribution >= 4 is 17.4 Å². The van der Waals surface area contributed by atoms with Crippen molar-refractivity contribution in [3.63, 3.8) is 0 Å². The van der Waals surface area contributed by atoms with Gasteiger partial charge in [0.1, 0.15) is 23.9 Å². The minimum absolute atomic E-state index is 0.241. The first kappa shape index (κ1) is 17.1. The van der Waals surface area contributed by atoms with Crippen LogP contribution in [0.5, 0.6) is 5.75 Å². The highest BCUT2D eigenvalue weighted by molar-refractivity contribution is 6.02. The summed E-state index contributed by atoms with van der Waals surface area (Å²) in [5.74, 6) is 2.22. The van der Waals surface area contributed by atoms with E-state index in [4.69, 9.17) is 9.15 Å². The second-order valence-corrected chi connectivity index (χ2v) is 6.42. The molecule has 0 saturated carbocycles. The Morgan fingerprint density at radius 2 is 1.89 bits per heavy atom.